The molecular formula is C18H24N2O2. The predicted octanol–water partition coefficient (Wildman–Crippen LogP) is 3.78. The maximum absolute atomic E-state index is 5.53. The Morgan fingerprint density at radius 1 is 1.41 bits per heavy atom. The third-order valence-corrected chi connectivity index (χ3v) is 4.34. The van der Waals surface area contributed by atoms with Gasteiger partial charge in [0.15, 0.2) is 0 Å². The molecule has 1 aliphatic rings. The van der Waals surface area contributed by atoms with Crippen molar-refractivity contribution in [1.29, 1.82) is 0 Å². The topological polar surface area (TPSA) is 43.4 Å². The predicted molar refractivity (Wildman–Crippen MR) is 89.7 cm³/mol. The lowest BCUT2D eigenvalue weighted by Gasteiger charge is -2.22. The summed E-state index contributed by atoms with van der Waals surface area (Å²) in [5, 5.41) is 4.60. The maximum atomic E-state index is 5.53. The Kier molecular flexibility index (Phi) is 4.78. The maximum Gasteiger partial charge on any atom is 0.145 e. The van der Waals surface area contributed by atoms with E-state index in [1.165, 1.54) is 18.4 Å². The van der Waals surface area contributed by atoms with Crippen LogP contribution in [0.1, 0.15) is 24.8 Å². The zero-order valence-corrected chi connectivity index (χ0v) is 13.4. The van der Waals surface area contributed by atoms with Crippen LogP contribution in [0.25, 0.3) is 10.9 Å². The van der Waals surface area contributed by atoms with Crippen molar-refractivity contribution in [2.45, 2.75) is 26.2 Å². The molecule has 0 aliphatic carbocycles. The summed E-state index contributed by atoms with van der Waals surface area (Å²) in [4.78, 5) is 4.72. The number of nitrogens with one attached hydrogen (secondary N) is 1. The van der Waals surface area contributed by atoms with Crippen LogP contribution in [0.5, 0.6) is 5.75 Å². The van der Waals surface area contributed by atoms with Crippen molar-refractivity contribution >= 4 is 16.7 Å². The minimum atomic E-state index is 0.678. The van der Waals surface area contributed by atoms with E-state index in [1.807, 2.05) is 12.1 Å². The minimum Gasteiger partial charge on any atom is -0.494 e. The van der Waals surface area contributed by atoms with Crippen LogP contribution in [0.4, 0.5) is 5.82 Å². The number of aromatic nitrogens is 1. The van der Waals surface area contributed by atoms with Gasteiger partial charge in [-0.15, -0.1) is 0 Å². The molecule has 4 nitrogen and oxygen atoms in total. The average molecular weight is 300 g/mol. The first kappa shape index (κ1) is 15.1. The first-order valence-electron chi connectivity index (χ1n) is 8.04. The van der Waals surface area contributed by atoms with Crippen molar-refractivity contribution in [2.75, 3.05) is 32.2 Å². The van der Waals surface area contributed by atoms with Crippen LogP contribution in [-0.2, 0) is 4.74 Å². The highest BCUT2D eigenvalue weighted by Gasteiger charge is 2.13. The molecule has 1 unspecified atom stereocenters. The van der Waals surface area contributed by atoms with Crippen LogP contribution in [0, 0.1) is 12.8 Å². The number of benzene rings is 1. The normalized spacial score (nSPS) is 18.4. The summed E-state index contributed by atoms with van der Waals surface area (Å²) in [6, 6.07) is 8.16. The molecule has 3 rings (SSSR count). The summed E-state index contributed by atoms with van der Waals surface area (Å²) in [5.74, 6) is 2.42. The number of fused-ring (bicyclic) bond motifs is 1. The van der Waals surface area contributed by atoms with Crippen molar-refractivity contribution in [1.82, 2.24) is 4.98 Å². The lowest BCUT2D eigenvalue weighted by Crippen LogP contribution is -2.20. The smallest absolute Gasteiger partial charge is 0.145 e. The van der Waals surface area contributed by atoms with Crippen LogP contribution >= 0.6 is 0 Å². The SMILES string of the molecule is COc1cccc2c(C)cc(NCCC3CCCOC3)nc12. The fourth-order valence-corrected chi connectivity index (χ4v) is 3.09. The first-order chi connectivity index (χ1) is 10.8. The fraction of sp³-hybridized carbons (Fsp3) is 0.500. The highest BCUT2D eigenvalue weighted by atomic mass is 16.5. The molecule has 1 aliphatic heterocycles. The molecule has 1 N–H and O–H groups in total. The number of anilines is 1. The Hall–Kier alpha value is -1.81. The molecule has 1 saturated heterocycles. The molecule has 0 bridgehead atoms. The van der Waals surface area contributed by atoms with Gasteiger partial charge in [0.05, 0.1) is 7.11 Å². The first-order valence-corrected chi connectivity index (χ1v) is 8.04. The van der Waals surface area contributed by atoms with Crippen LogP contribution in [0.15, 0.2) is 24.3 Å². The van der Waals surface area contributed by atoms with Gasteiger partial charge in [-0.3, -0.25) is 0 Å². The number of aryl methyl sites for hydroxylation is 1. The molecule has 1 fully saturated rings. The Labute approximate surface area is 131 Å². The van der Waals surface area contributed by atoms with Crippen molar-refractivity contribution < 1.29 is 9.47 Å². The number of ether oxygens (including phenoxy) is 2. The van der Waals surface area contributed by atoms with E-state index in [2.05, 4.69) is 24.4 Å². The zero-order valence-electron chi connectivity index (χ0n) is 13.4. The molecule has 1 aromatic heterocycles. The summed E-state index contributed by atoms with van der Waals surface area (Å²) >= 11 is 0. The monoisotopic (exact) mass is 300 g/mol. The van der Waals surface area contributed by atoms with Gasteiger partial charge in [0.2, 0.25) is 0 Å². The van der Waals surface area contributed by atoms with Gasteiger partial charge in [-0.1, -0.05) is 12.1 Å². The Morgan fingerprint density at radius 3 is 3.09 bits per heavy atom. The number of hydrogen-bond acceptors (Lipinski definition) is 4. The summed E-state index contributed by atoms with van der Waals surface area (Å²) in [6.45, 7) is 4.87. The lowest BCUT2D eigenvalue weighted by molar-refractivity contribution is 0.0530. The second kappa shape index (κ2) is 6.97. The summed E-state index contributed by atoms with van der Waals surface area (Å²) in [6.07, 6.45) is 3.60. The molecule has 0 amide bonds. The van der Waals surface area contributed by atoms with Crippen LogP contribution in [0.2, 0.25) is 0 Å². The molecule has 0 spiro atoms. The number of nitrogens with zero attached hydrogens (tertiary/aromatic N) is 1. The molecule has 0 radical (unpaired) electrons. The standard InChI is InChI=1S/C18H24N2O2/c1-13-11-17(19-9-8-14-5-4-10-22-12-14)20-18-15(13)6-3-7-16(18)21-2/h3,6-7,11,14H,4-5,8-10,12H2,1-2H3,(H,19,20). The molecule has 118 valence electrons. The van der Waals surface area contributed by atoms with E-state index in [9.17, 15) is 0 Å². The van der Waals surface area contributed by atoms with Gasteiger partial charge in [-0.2, -0.15) is 0 Å². The summed E-state index contributed by atoms with van der Waals surface area (Å²) < 4.78 is 11.0. The van der Waals surface area contributed by atoms with Crippen molar-refractivity contribution in [3.63, 3.8) is 0 Å². The van der Waals surface area contributed by atoms with Crippen LogP contribution in [0.3, 0.4) is 0 Å². The largest absolute Gasteiger partial charge is 0.494 e. The molecule has 1 atom stereocenters. The molecule has 4 heteroatoms. The number of pyridine rings is 1. The molecule has 1 aromatic carbocycles. The van der Waals surface area contributed by atoms with Crippen molar-refractivity contribution in [3.8, 4) is 5.75 Å². The number of rotatable bonds is 5. The zero-order chi connectivity index (χ0) is 15.4. The van der Waals surface area contributed by atoms with Gasteiger partial charge >= 0.3 is 0 Å². The highest BCUT2D eigenvalue weighted by Crippen LogP contribution is 2.28. The lowest BCUT2D eigenvalue weighted by atomic mass is 9.99. The summed E-state index contributed by atoms with van der Waals surface area (Å²) in [7, 11) is 1.69. The fourth-order valence-electron chi connectivity index (χ4n) is 3.09. The van der Waals surface area contributed by atoms with E-state index in [4.69, 9.17) is 14.5 Å². The molecule has 2 aromatic rings. The Bertz CT molecular complexity index is 636. The van der Waals surface area contributed by atoms with E-state index in [1.54, 1.807) is 7.11 Å². The quantitative estimate of drug-likeness (QED) is 0.912. The van der Waals surface area contributed by atoms with E-state index in [0.29, 0.717) is 5.92 Å². The highest BCUT2D eigenvalue weighted by molar-refractivity contribution is 5.88. The minimum absolute atomic E-state index is 0.678. The second-order valence-electron chi connectivity index (χ2n) is 5.98. The van der Waals surface area contributed by atoms with E-state index < -0.39 is 0 Å². The number of hydrogen-bond donors (Lipinski definition) is 1. The molecule has 2 heterocycles. The van der Waals surface area contributed by atoms with Gasteiger partial charge in [-0.25, -0.2) is 4.98 Å². The van der Waals surface area contributed by atoms with Gasteiger partial charge in [0.25, 0.3) is 0 Å². The average Bonchev–Trinajstić information content (AvgIpc) is 2.55. The van der Waals surface area contributed by atoms with Gasteiger partial charge in [-0.05, 0) is 49.8 Å². The van der Waals surface area contributed by atoms with E-state index in [0.717, 1.165) is 48.6 Å². The van der Waals surface area contributed by atoms with Crippen LogP contribution in [-0.4, -0.2) is 31.9 Å². The molecule has 0 saturated carbocycles. The molecule has 22 heavy (non-hydrogen) atoms. The Morgan fingerprint density at radius 2 is 2.32 bits per heavy atom. The van der Waals surface area contributed by atoms with Crippen molar-refractivity contribution in [2.24, 2.45) is 5.92 Å². The molecular weight excluding hydrogens is 276 g/mol. The van der Waals surface area contributed by atoms with Crippen LogP contribution < -0.4 is 10.1 Å². The third-order valence-electron chi connectivity index (χ3n) is 4.34. The third kappa shape index (κ3) is 3.33. The van der Waals surface area contributed by atoms with E-state index in [-0.39, 0.29) is 0 Å². The van der Waals surface area contributed by atoms with Gasteiger partial charge in [0.1, 0.15) is 17.1 Å². The number of methoxy groups -OCH3 is 1. The number of para-hydroxylation sites is 1. The Balaban J connectivity index is 1.71. The second-order valence-corrected chi connectivity index (χ2v) is 5.98. The van der Waals surface area contributed by atoms with Crippen molar-refractivity contribution in [3.05, 3.63) is 29.8 Å². The van der Waals surface area contributed by atoms with E-state index >= 15 is 0 Å². The van der Waals surface area contributed by atoms with Gasteiger partial charge in [0, 0.05) is 25.1 Å². The van der Waals surface area contributed by atoms with Gasteiger partial charge < -0.3 is 14.8 Å². The summed E-state index contributed by atoms with van der Waals surface area (Å²) in [5.41, 5.74) is 2.14.